The Morgan fingerprint density at radius 1 is 1.20 bits per heavy atom. The molecule has 1 aromatic heterocycles. The minimum atomic E-state index is 0.587. The first-order valence-corrected chi connectivity index (χ1v) is 8.38. The molecular formula is C17H27N3. The molecule has 2 N–H and O–H groups in total. The van der Waals surface area contributed by atoms with Crippen LogP contribution in [0.5, 0.6) is 0 Å². The molecule has 110 valence electrons. The number of aryl methyl sites for hydroxylation is 1. The maximum absolute atomic E-state index is 5.76. The lowest BCUT2D eigenvalue weighted by Gasteiger charge is -2.57. The van der Waals surface area contributed by atoms with Crippen LogP contribution in [-0.4, -0.2) is 16.1 Å². The van der Waals surface area contributed by atoms with Crippen molar-refractivity contribution in [2.45, 2.75) is 58.4 Å². The summed E-state index contributed by atoms with van der Waals surface area (Å²) in [6, 6.07) is 0. The summed E-state index contributed by atoms with van der Waals surface area (Å²) < 4.78 is 2.49. The van der Waals surface area contributed by atoms with Gasteiger partial charge >= 0.3 is 0 Å². The third-order valence-corrected chi connectivity index (χ3v) is 6.20. The van der Waals surface area contributed by atoms with E-state index in [-0.39, 0.29) is 0 Å². The number of nitrogens with two attached hydrogens (primary N) is 1. The van der Waals surface area contributed by atoms with Crippen molar-refractivity contribution in [1.82, 2.24) is 9.55 Å². The van der Waals surface area contributed by atoms with Gasteiger partial charge < -0.3 is 10.3 Å². The third-order valence-electron chi connectivity index (χ3n) is 6.20. The van der Waals surface area contributed by atoms with Gasteiger partial charge in [-0.05, 0) is 75.2 Å². The maximum Gasteiger partial charge on any atom is 0.105 e. The fraction of sp³-hybridized carbons (Fsp3) is 0.824. The van der Waals surface area contributed by atoms with Crippen molar-refractivity contribution in [3.8, 4) is 0 Å². The Bertz CT molecular complexity index is 467. The molecule has 0 radical (unpaired) electrons. The second-order valence-corrected chi connectivity index (χ2v) is 7.84. The highest BCUT2D eigenvalue weighted by atomic mass is 15.1. The van der Waals surface area contributed by atoms with Gasteiger partial charge in [0, 0.05) is 24.9 Å². The van der Waals surface area contributed by atoms with Crippen LogP contribution >= 0.6 is 0 Å². The zero-order valence-corrected chi connectivity index (χ0v) is 12.6. The Balaban J connectivity index is 1.61. The Hall–Kier alpha value is -0.830. The van der Waals surface area contributed by atoms with Crippen LogP contribution in [0.3, 0.4) is 0 Å². The summed E-state index contributed by atoms with van der Waals surface area (Å²) in [6.07, 6.45) is 12.0. The van der Waals surface area contributed by atoms with Gasteiger partial charge in [-0.2, -0.15) is 0 Å². The highest BCUT2D eigenvalue weighted by Gasteiger charge is 2.51. The van der Waals surface area contributed by atoms with Crippen molar-refractivity contribution in [3.63, 3.8) is 0 Å². The topological polar surface area (TPSA) is 43.8 Å². The Labute approximate surface area is 122 Å². The molecule has 4 saturated carbocycles. The first-order chi connectivity index (χ1) is 9.67. The van der Waals surface area contributed by atoms with Gasteiger partial charge in [0.15, 0.2) is 0 Å². The highest BCUT2D eigenvalue weighted by molar-refractivity contribution is 5.09. The molecule has 5 rings (SSSR count). The van der Waals surface area contributed by atoms with E-state index in [2.05, 4.69) is 16.5 Å². The fourth-order valence-electron chi connectivity index (χ4n) is 5.90. The summed E-state index contributed by atoms with van der Waals surface area (Å²) >= 11 is 0. The summed E-state index contributed by atoms with van der Waals surface area (Å²) in [6.45, 7) is 4.09. The SMILES string of the molecule is Cc1ncc(CCN)n1CC12CC3CC(CC(C3)C1)C2. The Kier molecular flexibility index (Phi) is 2.95. The summed E-state index contributed by atoms with van der Waals surface area (Å²) in [4.78, 5) is 4.54. The van der Waals surface area contributed by atoms with Gasteiger partial charge in [0.2, 0.25) is 0 Å². The van der Waals surface area contributed by atoms with Crippen molar-refractivity contribution in [1.29, 1.82) is 0 Å². The van der Waals surface area contributed by atoms with Gasteiger partial charge in [-0.25, -0.2) is 4.98 Å². The van der Waals surface area contributed by atoms with Crippen LogP contribution in [0.4, 0.5) is 0 Å². The van der Waals surface area contributed by atoms with Gasteiger partial charge in [-0.15, -0.1) is 0 Å². The quantitative estimate of drug-likeness (QED) is 0.916. The van der Waals surface area contributed by atoms with E-state index in [1.807, 2.05) is 6.20 Å². The summed E-state index contributed by atoms with van der Waals surface area (Å²) in [5.74, 6) is 4.28. The predicted octanol–water partition coefficient (Wildman–Crippen LogP) is 2.91. The van der Waals surface area contributed by atoms with E-state index in [0.717, 1.165) is 30.7 Å². The van der Waals surface area contributed by atoms with Crippen molar-refractivity contribution in [3.05, 3.63) is 17.7 Å². The first-order valence-electron chi connectivity index (χ1n) is 8.38. The molecule has 0 saturated heterocycles. The standard InChI is InChI=1S/C17H27N3/c1-12-19-10-16(2-3-18)20(12)11-17-7-13-4-14(8-17)6-15(5-13)9-17/h10,13-15H,2-9,11,18H2,1H3. The van der Waals surface area contributed by atoms with Crippen LogP contribution < -0.4 is 5.73 Å². The minimum Gasteiger partial charge on any atom is -0.332 e. The number of nitrogens with zero attached hydrogens (tertiary/aromatic N) is 2. The molecule has 0 aromatic carbocycles. The number of rotatable bonds is 4. The lowest BCUT2D eigenvalue weighted by Crippen LogP contribution is -2.48. The van der Waals surface area contributed by atoms with E-state index in [4.69, 9.17) is 5.73 Å². The average molecular weight is 273 g/mol. The molecule has 0 spiro atoms. The molecule has 0 aliphatic heterocycles. The fourth-order valence-corrected chi connectivity index (χ4v) is 5.90. The second-order valence-electron chi connectivity index (χ2n) is 7.84. The van der Waals surface area contributed by atoms with Crippen LogP contribution in [0, 0.1) is 30.1 Å². The van der Waals surface area contributed by atoms with E-state index in [0.29, 0.717) is 5.41 Å². The average Bonchev–Trinajstić information content (AvgIpc) is 2.70. The minimum absolute atomic E-state index is 0.587. The molecule has 0 unspecified atom stereocenters. The Morgan fingerprint density at radius 2 is 1.80 bits per heavy atom. The number of hydrogen-bond donors (Lipinski definition) is 1. The monoisotopic (exact) mass is 273 g/mol. The van der Waals surface area contributed by atoms with Crippen LogP contribution in [-0.2, 0) is 13.0 Å². The van der Waals surface area contributed by atoms with E-state index in [1.54, 1.807) is 0 Å². The van der Waals surface area contributed by atoms with Crippen LogP contribution in [0.1, 0.15) is 50.0 Å². The van der Waals surface area contributed by atoms with E-state index in [1.165, 1.54) is 56.6 Å². The lowest BCUT2D eigenvalue weighted by atomic mass is 9.49. The molecule has 4 bridgehead atoms. The molecule has 4 fully saturated rings. The normalized spacial score (nSPS) is 38.6. The number of hydrogen-bond acceptors (Lipinski definition) is 2. The second kappa shape index (κ2) is 4.59. The van der Waals surface area contributed by atoms with Gasteiger partial charge in [0.25, 0.3) is 0 Å². The van der Waals surface area contributed by atoms with Gasteiger partial charge in [-0.3, -0.25) is 0 Å². The number of imidazole rings is 1. The third kappa shape index (κ3) is 2.02. The summed E-state index contributed by atoms with van der Waals surface area (Å²) in [7, 11) is 0. The molecule has 4 aliphatic carbocycles. The summed E-state index contributed by atoms with van der Waals surface area (Å²) in [5.41, 5.74) is 7.69. The van der Waals surface area contributed by atoms with Crippen LogP contribution in [0.2, 0.25) is 0 Å². The molecule has 4 aliphatic rings. The van der Waals surface area contributed by atoms with Gasteiger partial charge in [0.05, 0.1) is 0 Å². The summed E-state index contributed by atoms with van der Waals surface area (Å²) in [5, 5.41) is 0. The van der Waals surface area contributed by atoms with Crippen molar-refractivity contribution < 1.29 is 0 Å². The zero-order valence-electron chi connectivity index (χ0n) is 12.6. The molecule has 0 atom stereocenters. The molecule has 1 aromatic rings. The molecule has 20 heavy (non-hydrogen) atoms. The molecular weight excluding hydrogens is 246 g/mol. The largest absolute Gasteiger partial charge is 0.332 e. The van der Waals surface area contributed by atoms with E-state index >= 15 is 0 Å². The van der Waals surface area contributed by atoms with Crippen LogP contribution in [0.25, 0.3) is 0 Å². The van der Waals surface area contributed by atoms with Gasteiger partial charge in [-0.1, -0.05) is 0 Å². The van der Waals surface area contributed by atoms with Crippen LogP contribution in [0.15, 0.2) is 6.20 Å². The van der Waals surface area contributed by atoms with Crippen molar-refractivity contribution in [2.24, 2.45) is 28.9 Å². The first kappa shape index (κ1) is 12.9. The van der Waals surface area contributed by atoms with E-state index < -0.39 is 0 Å². The molecule has 3 heteroatoms. The van der Waals surface area contributed by atoms with Gasteiger partial charge in [0.1, 0.15) is 5.82 Å². The Morgan fingerprint density at radius 3 is 2.35 bits per heavy atom. The van der Waals surface area contributed by atoms with Crippen molar-refractivity contribution >= 4 is 0 Å². The highest BCUT2D eigenvalue weighted by Crippen LogP contribution is 2.60. The zero-order chi connectivity index (χ0) is 13.7. The van der Waals surface area contributed by atoms with Crippen molar-refractivity contribution in [2.75, 3.05) is 6.54 Å². The predicted molar refractivity (Wildman–Crippen MR) is 80.3 cm³/mol. The lowest BCUT2D eigenvalue weighted by molar-refractivity contribution is -0.0624. The molecule has 3 nitrogen and oxygen atoms in total. The molecule has 1 heterocycles. The number of aromatic nitrogens is 2. The maximum atomic E-state index is 5.76. The molecule has 0 amide bonds. The smallest absolute Gasteiger partial charge is 0.105 e. The van der Waals surface area contributed by atoms with E-state index in [9.17, 15) is 0 Å².